The molecule has 1 fully saturated rings. The third kappa shape index (κ3) is 4.97. The lowest BCUT2D eigenvalue weighted by atomic mass is 10.2. The van der Waals surface area contributed by atoms with E-state index in [9.17, 15) is 4.79 Å². The van der Waals surface area contributed by atoms with Crippen molar-refractivity contribution in [2.45, 2.75) is 45.6 Å². The lowest BCUT2D eigenvalue weighted by Gasteiger charge is -2.22. The van der Waals surface area contributed by atoms with E-state index in [0.29, 0.717) is 5.69 Å². The van der Waals surface area contributed by atoms with Crippen molar-refractivity contribution in [3.05, 3.63) is 48.3 Å². The molecule has 5 nitrogen and oxygen atoms in total. The molecular weight excluding hydrogens is 326 g/mol. The quantitative estimate of drug-likeness (QED) is 0.860. The van der Waals surface area contributed by atoms with Crippen molar-refractivity contribution in [3.63, 3.8) is 0 Å². The summed E-state index contributed by atoms with van der Waals surface area (Å²) in [5.74, 6) is 0.596. The zero-order valence-corrected chi connectivity index (χ0v) is 15.6. The van der Waals surface area contributed by atoms with Gasteiger partial charge in [-0.1, -0.05) is 12.8 Å². The largest absolute Gasteiger partial charge is 0.491 e. The zero-order chi connectivity index (χ0) is 18.4. The number of hydrogen-bond donors (Lipinski definition) is 1. The van der Waals surface area contributed by atoms with Crippen LogP contribution < -0.4 is 15.0 Å². The van der Waals surface area contributed by atoms with E-state index < -0.39 is 0 Å². The van der Waals surface area contributed by atoms with Crippen molar-refractivity contribution >= 4 is 17.3 Å². The van der Waals surface area contributed by atoms with Crippen LogP contribution in [0.4, 0.5) is 11.4 Å². The van der Waals surface area contributed by atoms with Crippen LogP contribution in [0.2, 0.25) is 0 Å². The Kier molecular flexibility index (Phi) is 6.10. The van der Waals surface area contributed by atoms with Crippen LogP contribution in [0.3, 0.4) is 0 Å². The fourth-order valence-electron chi connectivity index (χ4n) is 3.15. The van der Waals surface area contributed by atoms with Gasteiger partial charge in [0, 0.05) is 30.7 Å². The van der Waals surface area contributed by atoms with Crippen LogP contribution in [-0.4, -0.2) is 30.1 Å². The smallest absolute Gasteiger partial charge is 0.274 e. The van der Waals surface area contributed by atoms with Gasteiger partial charge in [0.2, 0.25) is 0 Å². The molecule has 0 saturated carbocycles. The number of hydrogen-bond acceptors (Lipinski definition) is 4. The first-order valence-corrected chi connectivity index (χ1v) is 9.41. The summed E-state index contributed by atoms with van der Waals surface area (Å²) in [6.07, 6.45) is 6.82. The first-order chi connectivity index (χ1) is 12.6. The minimum absolute atomic E-state index is 0.126. The van der Waals surface area contributed by atoms with E-state index in [1.807, 2.05) is 50.2 Å². The maximum absolute atomic E-state index is 12.6. The normalized spacial score (nSPS) is 14.8. The molecule has 2 aromatic rings. The number of benzene rings is 1. The minimum atomic E-state index is -0.195. The molecule has 0 unspecified atom stereocenters. The molecule has 0 spiro atoms. The summed E-state index contributed by atoms with van der Waals surface area (Å²) in [5.41, 5.74) is 2.25. The molecule has 0 radical (unpaired) electrons. The topological polar surface area (TPSA) is 54.5 Å². The number of carbonyl (C=O) groups is 1. The van der Waals surface area contributed by atoms with Crippen LogP contribution in [-0.2, 0) is 0 Å². The Hall–Kier alpha value is -2.56. The molecule has 0 atom stereocenters. The molecule has 1 aromatic heterocycles. The van der Waals surface area contributed by atoms with Gasteiger partial charge in [-0.25, -0.2) is 0 Å². The summed E-state index contributed by atoms with van der Waals surface area (Å²) >= 11 is 0. The van der Waals surface area contributed by atoms with Gasteiger partial charge in [-0.15, -0.1) is 0 Å². The number of nitrogens with one attached hydrogen (secondary N) is 1. The van der Waals surface area contributed by atoms with E-state index in [1.165, 1.54) is 25.7 Å². The number of ether oxygens (including phenoxy) is 1. The van der Waals surface area contributed by atoms with Crippen molar-refractivity contribution in [1.82, 2.24) is 4.98 Å². The highest BCUT2D eigenvalue weighted by atomic mass is 16.5. The van der Waals surface area contributed by atoms with Crippen molar-refractivity contribution in [2.24, 2.45) is 0 Å². The molecule has 1 amide bonds. The van der Waals surface area contributed by atoms with Gasteiger partial charge in [-0.05, 0) is 63.1 Å². The Morgan fingerprint density at radius 2 is 1.77 bits per heavy atom. The Labute approximate surface area is 155 Å². The van der Waals surface area contributed by atoms with Gasteiger partial charge >= 0.3 is 0 Å². The van der Waals surface area contributed by atoms with Gasteiger partial charge in [-0.3, -0.25) is 9.78 Å². The van der Waals surface area contributed by atoms with Gasteiger partial charge in [0.1, 0.15) is 11.4 Å². The molecule has 1 aromatic carbocycles. The second-order valence-corrected chi connectivity index (χ2v) is 6.95. The highest BCUT2D eigenvalue weighted by molar-refractivity contribution is 6.03. The van der Waals surface area contributed by atoms with Crippen LogP contribution in [0.5, 0.6) is 5.75 Å². The van der Waals surface area contributed by atoms with Crippen LogP contribution in [0.25, 0.3) is 0 Å². The monoisotopic (exact) mass is 353 g/mol. The predicted molar refractivity (Wildman–Crippen MR) is 105 cm³/mol. The van der Waals surface area contributed by atoms with E-state index in [-0.39, 0.29) is 12.0 Å². The van der Waals surface area contributed by atoms with Crippen molar-refractivity contribution in [2.75, 3.05) is 23.3 Å². The first-order valence-electron chi connectivity index (χ1n) is 9.41. The first kappa shape index (κ1) is 18.2. The number of amides is 1. The van der Waals surface area contributed by atoms with Crippen molar-refractivity contribution < 1.29 is 9.53 Å². The second-order valence-electron chi connectivity index (χ2n) is 6.95. The molecule has 26 heavy (non-hydrogen) atoms. The molecule has 0 aliphatic carbocycles. The Bertz CT molecular complexity index is 720. The summed E-state index contributed by atoms with van der Waals surface area (Å²) in [6.45, 7) is 6.06. The lowest BCUT2D eigenvalue weighted by Crippen LogP contribution is -2.24. The average molecular weight is 353 g/mol. The third-order valence-electron chi connectivity index (χ3n) is 4.43. The van der Waals surface area contributed by atoms with Crippen LogP contribution in [0, 0.1) is 0 Å². The summed E-state index contributed by atoms with van der Waals surface area (Å²) in [5, 5.41) is 2.91. The Balaban J connectivity index is 1.66. The summed E-state index contributed by atoms with van der Waals surface area (Å²) in [4.78, 5) is 19.2. The van der Waals surface area contributed by atoms with Gasteiger partial charge in [-0.2, -0.15) is 0 Å². The summed E-state index contributed by atoms with van der Waals surface area (Å²) in [6, 6.07) is 11.3. The highest BCUT2D eigenvalue weighted by Crippen LogP contribution is 2.21. The fourth-order valence-corrected chi connectivity index (χ4v) is 3.15. The van der Waals surface area contributed by atoms with E-state index >= 15 is 0 Å². The van der Waals surface area contributed by atoms with Crippen molar-refractivity contribution in [1.29, 1.82) is 0 Å². The van der Waals surface area contributed by atoms with Gasteiger partial charge in [0.25, 0.3) is 5.91 Å². The SMILES string of the molecule is CC(C)Oc1ccc(NC(=O)c2cc(N3CCCCCC3)ccn2)cc1. The predicted octanol–water partition coefficient (Wildman–Crippen LogP) is 4.50. The molecule has 3 rings (SSSR count). The highest BCUT2D eigenvalue weighted by Gasteiger charge is 2.14. The van der Waals surface area contributed by atoms with Gasteiger partial charge in [0.05, 0.1) is 6.10 Å². The maximum atomic E-state index is 12.6. The minimum Gasteiger partial charge on any atom is -0.491 e. The standard InChI is InChI=1S/C21H27N3O2/c1-16(2)26-19-9-7-17(8-10-19)23-21(25)20-15-18(11-12-22-20)24-13-5-3-4-6-14-24/h7-12,15-16H,3-6,13-14H2,1-2H3,(H,23,25). The number of aromatic nitrogens is 1. The number of carbonyl (C=O) groups excluding carboxylic acids is 1. The number of rotatable bonds is 5. The van der Waals surface area contributed by atoms with Gasteiger partial charge < -0.3 is 15.0 Å². The lowest BCUT2D eigenvalue weighted by molar-refractivity contribution is 0.102. The molecule has 5 heteroatoms. The third-order valence-corrected chi connectivity index (χ3v) is 4.43. The molecular formula is C21H27N3O2. The summed E-state index contributed by atoms with van der Waals surface area (Å²) in [7, 11) is 0. The molecule has 138 valence electrons. The van der Waals surface area contributed by atoms with Crippen molar-refractivity contribution in [3.8, 4) is 5.75 Å². The van der Waals surface area contributed by atoms with E-state index in [2.05, 4.69) is 15.2 Å². The molecule has 1 N–H and O–H groups in total. The molecule has 1 aliphatic rings. The Morgan fingerprint density at radius 1 is 1.08 bits per heavy atom. The number of nitrogens with zero attached hydrogens (tertiary/aromatic N) is 2. The molecule has 1 aliphatic heterocycles. The number of anilines is 2. The van der Waals surface area contributed by atoms with Gasteiger partial charge in [0.15, 0.2) is 0 Å². The summed E-state index contributed by atoms with van der Waals surface area (Å²) < 4.78 is 5.62. The number of pyridine rings is 1. The fraction of sp³-hybridized carbons (Fsp3) is 0.429. The molecule has 0 bridgehead atoms. The van der Waals surface area contributed by atoms with Crippen LogP contribution in [0.15, 0.2) is 42.6 Å². The van der Waals surface area contributed by atoms with E-state index in [1.54, 1.807) is 6.20 Å². The van der Waals surface area contributed by atoms with E-state index in [4.69, 9.17) is 4.74 Å². The Morgan fingerprint density at radius 3 is 2.42 bits per heavy atom. The van der Waals surface area contributed by atoms with E-state index in [0.717, 1.165) is 30.2 Å². The maximum Gasteiger partial charge on any atom is 0.274 e. The van der Waals surface area contributed by atoms with Crippen LogP contribution in [0.1, 0.15) is 50.0 Å². The van der Waals surface area contributed by atoms with Crippen LogP contribution >= 0.6 is 0 Å². The zero-order valence-electron chi connectivity index (χ0n) is 15.6. The molecule has 1 saturated heterocycles. The average Bonchev–Trinajstić information content (AvgIpc) is 2.92. The molecule has 2 heterocycles. The second kappa shape index (κ2) is 8.70.